The second-order valence-corrected chi connectivity index (χ2v) is 4.25. The molecule has 2 heterocycles. The summed E-state index contributed by atoms with van der Waals surface area (Å²) in [6.45, 7) is 3.54. The molecule has 2 aromatic heterocycles. The van der Waals surface area contributed by atoms with Crippen molar-refractivity contribution >= 4 is 16.9 Å². The quantitative estimate of drug-likeness (QED) is 0.831. The molecule has 0 aliphatic carbocycles. The van der Waals surface area contributed by atoms with E-state index in [4.69, 9.17) is 5.73 Å². The van der Waals surface area contributed by atoms with E-state index in [2.05, 4.69) is 4.98 Å². The van der Waals surface area contributed by atoms with Crippen molar-refractivity contribution in [3.63, 3.8) is 0 Å². The number of aliphatic hydroxyl groups excluding tert-OH is 1. The number of fused-ring (bicyclic) bond motifs is 1. The summed E-state index contributed by atoms with van der Waals surface area (Å²) >= 11 is 0. The van der Waals surface area contributed by atoms with Crippen LogP contribution in [0.2, 0.25) is 0 Å². The standard InChI is InChI=1S/C13H15N3O3/c1-3-16-12-8(5-4-7(2)15-12)9(6-17)10(11(14)18)13(16)19/h4-5,17H,3,6H2,1-2H3,(H2,14,18). The van der Waals surface area contributed by atoms with Crippen molar-refractivity contribution in [2.24, 2.45) is 5.73 Å². The monoisotopic (exact) mass is 261 g/mol. The van der Waals surface area contributed by atoms with E-state index in [1.165, 1.54) is 4.57 Å². The average molecular weight is 261 g/mol. The third-order valence-electron chi connectivity index (χ3n) is 3.08. The molecule has 0 aliphatic rings. The molecule has 2 aromatic rings. The van der Waals surface area contributed by atoms with Crippen LogP contribution >= 0.6 is 0 Å². The first-order valence-corrected chi connectivity index (χ1v) is 5.95. The van der Waals surface area contributed by atoms with Gasteiger partial charge in [-0.3, -0.25) is 14.2 Å². The fourth-order valence-corrected chi connectivity index (χ4v) is 2.19. The van der Waals surface area contributed by atoms with E-state index in [1.54, 1.807) is 19.1 Å². The van der Waals surface area contributed by atoms with E-state index >= 15 is 0 Å². The zero-order valence-electron chi connectivity index (χ0n) is 10.8. The smallest absolute Gasteiger partial charge is 0.265 e. The van der Waals surface area contributed by atoms with Gasteiger partial charge in [-0.1, -0.05) is 0 Å². The molecular formula is C13H15N3O3. The molecular weight excluding hydrogens is 246 g/mol. The van der Waals surface area contributed by atoms with Crippen LogP contribution in [0.1, 0.15) is 28.5 Å². The second-order valence-electron chi connectivity index (χ2n) is 4.25. The van der Waals surface area contributed by atoms with E-state index in [9.17, 15) is 14.7 Å². The van der Waals surface area contributed by atoms with Crippen molar-refractivity contribution in [2.75, 3.05) is 0 Å². The fourth-order valence-electron chi connectivity index (χ4n) is 2.19. The zero-order chi connectivity index (χ0) is 14.2. The van der Waals surface area contributed by atoms with Gasteiger partial charge in [0.05, 0.1) is 6.61 Å². The molecule has 3 N–H and O–H groups in total. The summed E-state index contributed by atoms with van der Waals surface area (Å²) in [5.74, 6) is -0.835. The minimum atomic E-state index is -0.835. The van der Waals surface area contributed by atoms with Crippen LogP contribution in [0.15, 0.2) is 16.9 Å². The number of carbonyl (C=O) groups excluding carboxylic acids is 1. The van der Waals surface area contributed by atoms with Gasteiger partial charge in [-0.15, -0.1) is 0 Å². The van der Waals surface area contributed by atoms with Crippen molar-refractivity contribution in [1.29, 1.82) is 0 Å². The number of pyridine rings is 2. The molecule has 2 rings (SSSR count). The molecule has 0 fully saturated rings. The van der Waals surface area contributed by atoms with Gasteiger partial charge in [-0.2, -0.15) is 0 Å². The summed E-state index contributed by atoms with van der Waals surface area (Å²) in [6, 6.07) is 3.50. The number of hydrogen-bond acceptors (Lipinski definition) is 4. The molecule has 0 radical (unpaired) electrons. The van der Waals surface area contributed by atoms with Crippen molar-refractivity contribution in [3.8, 4) is 0 Å². The van der Waals surface area contributed by atoms with Crippen molar-refractivity contribution in [2.45, 2.75) is 27.0 Å². The summed E-state index contributed by atoms with van der Waals surface area (Å²) in [5.41, 5.74) is 6.03. The van der Waals surface area contributed by atoms with Crippen molar-refractivity contribution < 1.29 is 9.90 Å². The zero-order valence-corrected chi connectivity index (χ0v) is 10.8. The molecule has 0 saturated carbocycles. The Kier molecular flexibility index (Phi) is 3.35. The number of amides is 1. The lowest BCUT2D eigenvalue weighted by molar-refractivity contribution is 0.0995. The number of rotatable bonds is 3. The number of hydrogen-bond donors (Lipinski definition) is 2. The molecule has 0 saturated heterocycles. The van der Waals surface area contributed by atoms with Crippen LogP contribution < -0.4 is 11.3 Å². The minimum Gasteiger partial charge on any atom is -0.392 e. The maximum atomic E-state index is 12.3. The number of nitrogens with two attached hydrogens (primary N) is 1. The van der Waals surface area contributed by atoms with Gasteiger partial charge in [0.25, 0.3) is 11.5 Å². The Morgan fingerprint density at radius 2 is 2.16 bits per heavy atom. The van der Waals surface area contributed by atoms with Gasteiger partial charge < -0.3 is 10.8 Å². The van der Waals surface area contributed by atoms with E-state index in [-0.39, 0.29) is 11.1 Å². The van der Waals surface area contributed by atoms with Crippen LogP contribution in [0, 0.1) is 6.92 Å². The van der Waals surface area contributed by atoms with Gasteiger partial charge in [0, 0.05) is 23.2 Å². The van der Waals surface area contributed by atoms with Gasteiger partial charge >= 0.3 is 0 Å². The Morgan fingerprint density at radius 1 is 1.47 bits per heavy atom. The van der Waals surface area contributed by atoms with Gasteiger partial charge in [0.2, 0.25) is 0 Å². The molecule has 0 bridgehead atoms. The van der Waals surface area contributed by atoms with E-state index in [0.29, 0.717) is 17.6 Å². The Hall–Kier alpha value is -2.21. The summed E-state index contributed by atoms with van der Waals surface area (Å²) in [7, 11) is 0. The fraction of sp³-hybridized carbons (Fsp3) is 0.308. The first-order chi connectivity index (χ1) is 9.01. The SMILES string of the molecule is CCn1c(=O)c(C(N)=O)c(CO)c2ccc(C)nc21. The Morgan fingerprint density at radius 3 is 2.68 bits per heavy atom. The molecule has 6 heteroatoms. The molecule has 6 nitrogen and oxygen atoms in total. The number of primary amides is 1. The number of aryl methyl sites for hydroxylation is 2. The van der Waals surface area contributed by atoms with Crippen LogP contribution in [-0.2, 0) is 13.2 Å². The number of aliphatic hydroxyl groups is 1. The molecule has 0 unspecified atom stereocenters. The third-order valence-corrected chi connectivity index (χ3v) is 3.08. The highest BCUT2D eigenvalue weighted by Crippen LogP contribution is 2.19. The molecule has 1 amide bonds. The predicted molar refractivity (Wildman–Crippen MR) is 70.9 cm³/mol. The predicted octanol–water partition coefficient (Wildman–Crippen LogP) is 0.316. The Bertz CT molecular complexity index is 719. The lowest BCUT2D eigenvalue weighted by Crippen LogP contribution is -2.32. The Balaban J connectivity index is 3.07. The highest BCUT2D eigenvalue weighted by molar-refractivity contribution is 5.98. The van der Waals surface area contributed by atoms with Gasteiger partial charge in [-0.05, 0) is 26.0 Å². The van der Waals surface area contributed by atoms with Gasteiger partial charge in [0.1, 0.15) is 11.2 Å². The summed E-state index contributed by atoms with van der Waals surface area (Å²) < 4.78 is 1.39. The normalized spacial score (nSPS) is 10.9. The average Bonchev–Trinajstić information content (AvgIpc) is 2.36. The van der Waals surface area contributed by atoms with Crippen LogP contribution in [0.5, 0.6) is 0 Å². The highest BCUT2D eigenvalue weighted by Gasteiger charge is 2.20. The summed E-state index contributed by atoms with van der Waals surface area (Å²) in [6.07, 6.45) is 0. The molecule has 0 aromatic carbocycles. The van der Waals surface area contributed by atoms with Crippen molar-refractivity contribution in [1.82, 2.24) is 9.55 Å². The molecule has 100 valence electrons. The highest BCUT2D eigenvalue weighted by atomic mass is 16.3. The van der Waals surface area contributed by atoms with Crippen LogP contribution in [0.25, 0.3) is 11.0 Å². The molecule has 0 spiro atoms. The van der Waals surface area contributed by atoms with Crippen LogP contribution in [0.3, 0.4) is 0 Å². The van der Waals surface area contributed by atoms with E-state index < -0.39 is 18.1 Å². The maximum absolute atomic E-state index is 12.3. The van der Waals surface area contributed by atoms with Crippen LogP contribution in [0.4, 0.5) is 0 Å². The number of aromatic nitrogens is 2. The second kappa shape index (κ2) is 4.81. The van der Waals surface area contributed by atoms with Crippen molar-refractivity contribution in [3.05, 3.63) is 39.3 Å². The van der Waals surface area contributed by atoms with Gasteiger partial charge in [-0.25, -0.2) is 4.98 Å². The van der Waals surface area contributed by atoms with Gasteiger partial charge in [0.15, 0.2) is 0 Å². The van der Waals surface area contributed by atoms with E-state index in [1.807, 2.05) is 6.92 Å². The van der Waals surface area contributed by atoms with E-state index in [0.717, 1.165) is 5.69 Å². The molecule has 19 heavy (non-hydrogen) atoms. The third kappa shape index (κ3) is 2.00. The maximum Gasteiger partial charge on any atom is 0.265 e. The lowest BCUT2D eigenvalue weighted by atomic mass is 10.0. The summed E-state index contributed by atoms with van der Waals surface area (Å²) in [5, 5.41) is 10.0. The summed E-state index contributed by atoms with van der Waals surface area (Å²) in [4.78, 5) is 28.0. The molecule has 0 atom stereocenters. The van der Waals surface area contributed by atoms with Crippen LogP contribution in [-0.4, -0.2) is 20.6 Å². The topological polar surface area (TPSA) is 98.2 Å². The first kappa shape index (κ1) is 13.2. The largest absolute Gasteiger partial charge is 0.392 e. The minimum absolute atomic E-state index is 0.164. The number of nitrogens with zero attached hydrogens (tertiary/aromatic N) is 2. The first-order valence-electron chi connectivity index (χ1n) is 5.95. The Labute approximate surface area is 109 Å². The number of carbonyl (C=O) groups is 1. The molecule has 0 aliphatic heterocycles. The lowest BCUT2D eigenvalue weighted by Gasteiger charge is -2.13.